The van der Waals surface area contributed by atoms with E-state index in [9.17, 15) is 4.79 Å². The first-order chi connectivity index (χ1) is 10.7. The maximum atomic E-state index is 11.8. The summed E-state index contributed by atoms with van der Waals surface area (Å²) < 4.78 is 10.3. The fraction of sp³-hybridized carbons (Fsp3) is 0.375. The molecule has 1 amide bonds. The number of amides is 1. The van der Waals surface area contributed by atoms with Crippen LogP contribution in [0, 0.1) is 11.3 Å². The Balaban J connectivity index is 2.76. The first kappa shape index (κ1) is 17.4. The van der Waals surface area contributed by atoms with E-state index in [1.54, 1.807) is 32.4 Å². The second-order valence-corrected chi connectivity index (χ2v) is 4.49. The number of carbonyl (C=O) groups excluding carboxylic acids is 1. The normalized spacial score (nSPS) is 10.5. The first-order valence-electron chi connectivity index (χ1n) is 7.03. The average molecular weight is 303 g/mol. The van der Waals surface area contributed by atoms with Gasteiger partial charge >= 0.3 is 0 Å². The summed E-state index contributed by atoms with van der Waals surface area (Å²) in [5.41, 5.74) is 0.706. The summed E-state index contributed by atoms with van der Waals surface area (Å²) in [6, 6.07) is 7.11. The highest BCUT2D eigenvalue weighted by Gasteiger charge is 2.08. The molecule has 0 unspecified atom stereocenters. The minimum absolute atomic E-state index is 0.0193. The van der Waals surface area contributed by atoms with Gasteiger partial charge in [0.15, 0.2) is 11.5 Å². The van der Waals surface area contributed by atoms with Crippen molar-refractivity contribution >= 4 is 11.6 Å². The molecule has 0 saturated carbocycles. The van der Waals surface area contributed by atoms with Crippen molar-refractivity contribution in [1.29, 1.82) is 5.26 Å². The number of nitriles is 1. The maximum Gasteiger partial charge on any atom is 0.263 e. The van der Waals surface area contributed by atoms with Crippen molar-refractivity contribution in [3.8, 4) is 17.6 Å². The van der Waals surface area contributed by atoms with E-state index >= 15 is 0 Å². The van der Waals surface area contributed by atoms with Crippen molar-refractivity contribution in [2.24, 2.45) is 0 Å². The van der Waals surface area contributed by atoms with Crippen molar-refractivity contribution in [1.82, 2.24) is 5.32 Å². The Labute approximate surface area is 130 Å². The van der Waals surface area contributed by atoms with Gasteiger partial charge in [0.1, 0.15) is 11.6 Å². The molecule has 0 bridgehead atoms. The SMILES string of the molecule is CCCCNC(=O)/C(C#N)=C\Nc1ccc(OC)c(OC)c1. The Morgan fingerprint density at radius 2 is 2.05 bits per heavy atom. The molecule has 0 aliphatic heterocycles. The number of unbranched alkanes of at least 4 members (excludes halogenated alkanes) is 1. The third kappa shape index (κ3) is 5.02. The lowest BCUT2D eigenvalue weighted by molar-refractivity contribution is -0.117. The summed E-state index contributed by atoms with van der Waals surface area (Å²) in [5.74, 6) is 0.783. The van der Waals surface area contributed by atoms with Crippen molar-refractivity contribution in [2.45, 2.75) is 19.8 Å². The van der Waals surface area contributed by atoms with E-state index in [1.165, 1.54) is 6.20 Å². The van der Waals surface area contributed by atoms with Crippen LogP contribution in [0.2, 0.25) is 0 Å². The lowest BCUT2D eigenvalue weighted by atomic mass is 10.2. The second kappa shape index (κ2) is 9.29. The molecular weight excluding hydrogens is 282 g/mol. The van der Waals surface area contributed by atoms with Gasteiger partial charge in [-0.15, -0.1) is 0 Å². The Kier molecular flexibility index (Phi) is 7.34. The molecule has 1 rings (SSSR count). The van der Waals surface area contributed by atoms with Crippen LogP contribution in [0.15, 0.2) is 30.0 Å². The summed E-state index contributed by atoms with van der Waals surface area (Å²) >= 11 is 0. The highest BCUT2D eigenvalue weighted by Crippen LogP contribution is 2.29. The zero-order valence-corrected chi connectivity index (χ0v) is 13.1. The molecule has 0 saturated heterocycles. The van der Waals surface area contributed by atoms with Gasteiger partial charge in [0.2, 0.25) is 0 Å². The van der Waals surface area contributed by atoms with Crippen molar-refractivity contribution < 1.29 is 14.3 Å². The van der Waals surface area contributed by atoms with E-state index in [0.29, 0.717) is 23.7 Å². The molecule has 118 valence electrons. The van der Waals surface area contributed by atoms with E-state index in [4.69, 9.17) is 14.7 Å². The van der Waals surface area contributed by atoms with Crippen LogP contribution in [-0.2, 0) is 4.79 Å². The monoisotopic (exact) mass is 303 g/mol. The third-order valence-electron chi connectivity index (χ3n) is 2.95. The molecule has 6 nitrogen and oxygen atoms in total. The van der Waals surface area contributed by atoms with Gasteiger partial charge < -0.3 is 20.1 Å². The van der Waals surface area contributed by atoms with Gasteiger partial charge in [0, 0.05) is 24.5 Å². The van der Waals surface area contributed by atoms with Crippen LogP contribution in [0.5, 0.6) is 11.5 Å². The zero-order valence-electron chi connectivity index (χ0n) is 13.1. The van der Waals surface area contributed by atoms with Gasteiger partial charge in [-0.1, -0.05) is 13.3 Å². The summed E-state index contributed by atoms with van der Waals surface area (Å²) in [6.07, 6.45) is 3.24. The number of hydrogen-bond acceptors (Lipinski definition) is 5. The zero-order chi connectivity index (χ0) is 16.4. The fourth-order valence-electron chi connectivity index (χ4n) is 1.70. The predicted octanol–water partition coefficient (Wildman–Crippen LogP) is 2.44. The van der Waals surface area contributed by atoms with E-state index in [0.717, 1.165) is 12.8 Å². The number of rotatable bonds is 8. The fourth-order valence-corrected chi connectivity index (χ4v) is 1.70. The van der Waals surface area contributed by atoms with E-state index in [1.807, 2.05) is 13.0 Å². The van der Waals surface area contributed by atoms with Crippen LogP contribution in [0.4, 0.5) is 5.69 Å². The number of nitrogens with zero attached hydrogens (tertiary/aromatic N) is 1. The second-order valence-electron chi connectivity index (χ2n) is 4.49. The first-order valence-corrected chi connectivity index (χ1v) is 7.03. The number of carbonyl (C=O) groups is 1. The average Bonchev–Trinajstić information content (AvgIpc) is 2.55. The van der Waals surface area contributed by atoms with Gasteiger partial charge in [-0.25, -0.2) is 0 Å². The minimum Gasteiger partial charge on any atom is -0.493 e. The number of methoxy groups -OCH3 is 2. The number of hydrogen-bond donors (Lipinski definition) is 2. The Morgan fingerprint density at radius 3 is 2.64 bits per heavy atom. The van der Waals surface area contributed by atoms with E-state index in [2.05, 4.69) is 10.6 Å². The van der Waals surface area contributed by atoms with Gasteiger partial charge in [-0.3, -0.25) is 4.79 Å². The van der Waals surface area contributed by atoms with Crippen molar-refractivity contribution in [3.63, 3.8) is 0 Å². The van der Waals surface area contributed by atoms with Crippen molar-refractivity contribution in [3.05, 3.63) is 30.0 Å². The van der Waals surface area contributed by atoms with E-state index in [-0.39, 0.29) is 11.5 Å². The van der Waals surface area contributed by atoms with E-state index < -0.39 is 0 Å². The Morgan fingerprint density at radius 1 is 1.32 bits per heavy atom. The number of anilines is 1. The molecule has 1 aromatic rings. The highest BCUT2D eigenvalue weighted by molar-refractivity contribution is 5.97. The van der Waals surface area contributed by atoms with Gasteiger partial charge in [-0.2, -0.15) is 5.26 Å². The predicted molar refractivity (Wildman–Crippen MR) is 84.8 cm³/mol. The molecule has 0 fully saturated rings. The minimum atomic E-state index is -0.385. The quantitative estimate of drug-likeness (QED) is 0.438. The van der Waals surface area contributed by atoms with Gasteiger partial charge in [0.05, 0.1) is 14.2 Å². The summed E-state index contributed by atoms with van der Waals surface area (Å²) in [6.45, 7) is 2.59. The highest BCUT2D eigenvalue weighted by atomic mass is 16.5. The molecule has 22 heavy (non-hydrogen) atoms. The molecule has 0 aliphatic carbocycles. The topological polar surface area (TPSA) is 83.4 Å². The van der Waals surface area contributed by atoms with Gasteiger partial charge in [-0.05, 0) is 18.6 Å². The van der Waals surface area contributed by atoms with Crippen LogP contribution in [0.3, 0.4) is 0 Å². The van der Waals surface area contributed by atoms with Crippen LogP contribution in [0.1, 0.15) is 19.8 Å². The van der Waals surface area contributed by atoms with Gasteiger partial charge in [0.25, 0.3) is 5.91 Å². The summed E-state index contributed by atoms with van der Waals surface area (Å²) in [7, 11) is 3.10. The smallest absolute Gasteiger partial charge is 0.263 e. The number of ether oxygens (including phenoxy) is 2. The molecule has 0 heterocycles. The van der Waals surface area contributed by atoms with Crippen molar-refractivity contribution in [2.75, 3.05) is 26.1 Å². The Hall–Kier alpha value is -2.68. The molecule has 1 aromatic carbocycles. The largest absolute Gasteiger partial charge is 0.493 e. The summed E-state index contributed by atoms with van der Waals surface area (Å²) in [5, 5.41) is 14.7. The number of benzene rings is 1. The molecule has 0 aliphatic rings. The number of nitrogens with one attached hydrogen (secondary N) is 2. The Bertz CT molecular complexity index is 576. The third-order valence-corrected chi connectivity index (χ3v) is 2.95. The molecule has 0 spiro atoms. The molecule has 6 heteroatoms. The van der Waals surface area contributed by atoms with Crippen LogP contribution in [-0.4, -0.2) is 26.7 Å². The van der Waals surface area contributed by atoms with Crippen LogP contribution < -0.4 is 20.1 Å². The molecular formula is C16H21N3O3. The van der Waals surface area contributed by atoms with Crippen LogP contribution >= 0.6 is 0 Å². The van der Waals surface area contributed by atoms with Crippen LogP contribution in [0.25, 0.3) is 0 Å². The molecule has 0 atom stereocenters. The molecule has 0 aromatic heterocycles. The maximum absolute atomic E-state index is 11.8. The standard InChI is InChI=1S/C16H21N3O3/c1-4-5-8-18-16(20)12(10-17)11-19-13-6-7-14(21-2)15(9-13)22-3/h6-7,9,11,19H,4-5,8H2,1-3H3,(H,18,20)/b12-11-. The lowest BCUT2D eigenvalue weighted by Gasteiger charge is -2.09. The summed E-state index contributed by atoms with van der Waals surface area (Å²) in [4.78, 5) is 11.8. The molecule has 0 radical (unpaired) electrons. The molecule has 2 N–H and O–H groups in total. The lowest BCUT2D eigenvalue weighted by Crippen LogP contribution is -2.25.